The molecule has 1 saturated heterocycles. The molecule has 38 heavy (non-hydrogen) atoms. The Bertz CT molecular complexity index is 1240. The number of hydrogen-bond acceptors (Lipinski definition) is 9. The van der Waals surface area contributed by atoms with Gasteiger partial charge in [0, 0.05) is 58.1 Å². The lowest BCUT2D eigenvalue weighted by atomic mass is 10.0. The third-order valence-electron chi connectivity index (χ3n) is 6.60. The van der Waals surface area contributed by atoms with Gasteiger partial charge in [0.2, 0.25) is 5.91 Å². The summed E-state index contributed by atoms with van der Waals surface area (Å²) < 4.78 is 10.5. The molecule has 2 aliphatic rings. The SMILES string of the molecule is COCCNc1cc(NC(=O)N2CCCc3cc(CN(C(C)=O)C4CCOC4)c(C=O)nc32)ncc1C#N. The highest BCUT2D eigenvalue weighted by molar-refractivity contribution is 6.01. The monoisotopic (exact) mass is 521 g/mol. The van der Waals surface area contributed by atoms with Gasteiger partial charge in [-0.3, -0.25) is 19.8 Å². The molecule has 2 aromatic heterocycles. The van der Waals surface area contributed by atoms with Crippen molar-refractivity contribution in [3.05, 3.63) is 40.7 Å². The molecule has 2 N–H and O–H groups in total. The number of aromatic nitrogens is 2. The Hall–Kier alpha value is -4.08. The second-order valence-electron chi connectivity index (χ2n) is 9.13. The van der Waals surface area contributed by atoms with Gasteiger partial charge in [-0.05, 0) is 30.9 Å². The molecule has 200 valence electrons. The third kappa shape index (κ3) is 6.07. The Morgan fingerprint density at radius 1 is 1.39 bits per heavy atom. The lowest BCUT2D eigenvalue weighted by Gasteiger charge is -2.31. The number of nitrogens with one attached hydrogen (secondary N) is 2. The molecule has 0 aliphatic carbocycles. The van der Waals surface area contributed by atoms with Crippen molar-refractivity contribution >= 4 is 35.5 Å². The number of rotatable bonds is 9. The molecule has 1 fully saturated rings. The van der Waals surface area contributed by atoms with E-state index in [2.05, 4.69) is 26.7 Å². The van der Waals surface area contributed by atoms with Crippen LogP contribution in [0.25, 0.3) is 0 Å². The zero-order valence-corrected chi connectivity index (χ0v) is 21.5. The smallest absolute Gasteiger partial charge is 0.328 e. The van der Waals surface area contributed by atoms with Crippen molar-refractivity contribution in [1.82, 2.24) is 14.9 Å². The predicted octanol–water partition coefficient (Wildman–Crippen LogP) is 2.34. The molecule has 0 aromatic carbocycles. The molecule has 2 aromatic rings. The highest BCUT2D eigenvalue weighted by Crippen LogP contribution is 2.29. The van der Waals surface area contributed by atoms with E-state index >= 15 is 0 Å². The molecule has 1 atom stereocenters. The molecule has 3 amide bonds. The Kier molecular flexibility index (Phi) is 8.83. The molecule has 0 spiro atoms. The Morgan fingerprint density at radius 3 is 2.92 bits per heavy atom. The van der Waals surface area contributed by atoms with Crippen molar-refractivity contribution in [2.75, 3.05) is 55.6 Å². The molecule has 4 rings (SSSR count). The number of methoxy groups -OCH3 is 1. The standard InChI is InChI=1S/C26H31N7O5/c1-17(35)33(21-5-8-38-16-21)14-19-10-18-4-3-7-32(25(18)30-23(19)15-34)26(36)31-24-11-22(28-6-9-37-2)20(12-27)13-29-24/h10-11,13,15,21H,3-9,14,16H2,1-2H3,(H2,28,29,31,36). The van der Waals surface area contributed by atoms with Gasteiger partial charge in [-0.1, -0.05) is 0 Å². The number of aryl methyl sites for hydroxylation is 1. The lowest BCUT2D eigenvalue weighted by Crippen LogP contribution is -2.41. The summed E-state index contributed by atoms with van der Waals surface area (Å²) in [5.74, 6) is 0.580. The molecule has 12 heteroatoms. The van der Waals surface area contributed by atoms with Crippen molar-refractivity contribution in [2.45, 2.75) is 38.8 Å². The Balaban J connectivity index is 1.55. The van der Waals surface area contributed by atoms with Crippen molar-refractivity contribution in [3.8, 4) is 6.07 Å². The average Bonchev–Trinajstić information content (AvgIpc) is 3.45. The second kappa shape index (κ2) is 12.4. The van der Waals surface area contributed by atoms with E-state index in [0.717, 1.165) is 12.0 Å². The van der Waals surface area contributed by atoms with Crippen LogP contribution in [-0.2, 0) is 27.2 Å². The van der Waals surface area contributed by atoms with E-state index in [-0.39, 0.29) is 30.0 Å². The number of amides is 3. The van der Waals surface area contributed by atoms with Crippen LogP contribution in [0.5, 0.6) is 0 Å². The number of anilines is 3. The minimum Gasteiger partial charge on any atom is -0.383 e. The van der Waals surface area contributed by atoms with Crippen molar-refractivity contribution in [1.29, 1.82) is 5.26 Å². The molecule has 1 unspecified atom stereocenters. The topological polar surface area (TPSA) is 150 Å². The summed E-state index contributed by atoms with van der Waals surface area (Å²) in [5, 5.41) is 15.2. The molecule has 0 saturated carbocycles. The molecule has 2 aliphatic heterocycles. The number of nitriles is 1. The van der Waals surface area contributed by atoms with Gasteiger partial charge in [-0.2, -0.15) is 5.26 Å². The average molecular weight is 522 g/mol. The van der Waals surface area contributed by atoms with E-state index in [1.54, 1.807) is 18.1 Å². The molecular formula is C26H31N7O5. The second-order valence-corrected chi connectivity index (χ2v) is 9.13. The van der Waals surface area contributed by atoms with E-state index in [1.165, 1.54) is 18.0 Å². The maximum absolute atomic E-state index is 13.3. The predicted molar refractivity (Wildman–Crippen MR) is 139 cm³/mol. The molecule has 4 heterocycles. The third-order valence-corrected chi connectivity index (χ3v) is 6.60. The minimum atomic E-state index is -0.448. The van der Waals surface area contributed by atoms with Crippen LogP contribution < -0.4 is 15.5 Å². The summed E-state index contributed by atoms with van der Waals surface area (Å²) in [6, 6.07) is 5.04. The Morgan fingerprint density at radius 2 is 2.24 bits per heavy atom. The maximum Gasteiger partial charge on any atom is 0.328 e. The van der Waals surface area contributed by atoms with Gasteiger partial charge in [-0.25, -0.2) is 14.8 Å². The number of aldehydes is 1. The zero-order chi connectivity index (χ0) is 27.1. The number of urea groups is 1. The molecule has 0 radical (unpaired) electrons. The number of pyridine rings is 2. The first-order valence-electron chi connectivity index (χ1n) is 12.5. The van der Waals surface area contributed by atoms with Gasteiger partial charge < -0.3 is 19.7 Å². The van der Waals surface area contributed by atoms with Crippen LogP contribution in [0, 0.1) is 11.3 Å². The molecule has 0 bridgehead atoms. The van der Waals surface area contributed by atoms with Crippen LogP contribution in [0.1, 0.15) is 46.9 Å². The van der Waals surface area contributed by atoms with Crippen LogP contribution in [-0.4, -0.2) is 79.2 Å². The van der Waals surface area contributed by atoms with Crippen molar-refractivity contribution in [2.24, 2.45) is 0 Å². The summed E-state index contributed by atoms with van der Waals surface area (Å²) in [6.45, 7) is 4.17. The van der Waals surface area contributed by atoms with E-state index < -0.39 is 6.03 Å². The van der Waals surface area contributed by atoms with Gasteiger partial charge in [0.05, 0.1) is 30.5 Å². The number of carbonyl (C=O) groups is 3. The summed E-state index contributed by atoms with van der Waals surface area (Å²) >= 11 is 0. The quantitative estimate of drug-likeness (QED) is 0.374. The fourth-order valence-corrected chi connectivity index (χ4v) is 4.66. The minimum absolute atomic E-state index is 0.0425. The number of carbonyl (C=O) groups excluding carboxylic acids is 3. The zero-order valence-electron chi connectivity index (χ0n) is 21.5. The fraction of sp³-hybridized carbons (Fsp3) is 0.462. The van der Waals surface area contributed by atoms with Gasteiger partial charge in [-0.15, -0.1) is 0 Å². The maximum atomic E-state index is 13.3. The molecule has 12 nitrogen and oxygen atoms in total. The lowest BCUT2D eigenvalue weighted by molar-refractivity contribution is -0.131. The van der Waals surface area contributed by atoms with Gasteiger partial charge in [0.25, 0.3) is 0 Å². The Labute approximate surface area is 220 Å². The van der Waals surface area contributed by atoms with Gasteiger partial charge >= 0.3 is 6.03 Å². The summed E-state index contributed by atoms with van der Waals surface area (Å²) in [6.07, 6.45) is 4.19. The number of fused-ring (bicyclic) bond motifs is 1. The van der Waals surface area contributed by atoms with Crippen LogP contribution in [0.3, 0.4) is 0 Å². The first kappa shape index (κ1) is 27.0. The number of nitrogens with zero attached hydrogens (tertiary/aromatic N) is 5. The van der Waals surface area contributed by atoms with E-state index in [0.29, 0.717) is 74.7 Å². The van der Waals surface area contributed by atoms with E-state index in [4.69, 9.17) is 9.47 Å². The van der Waals surface area contributed by atoms with E-state index in [1.807, 2.05) is 6.07 Å². The number of hydrogen-bond donors (Lipinski definition) is 2. The summed E-state index contributed by atoms with van der Waals surface area (Å²) in [4.78, 5) is 49.5. The fourth-order valence-electron chi connectivity index (χ4n) is 4.66. The largest absolute Gasteiger partial charge is 0.383 e. The highest BCUT2D eigenvalue weighted by atomic mass is 16.5. The van der Waals surface area contributed by atoms with Crippen LogP contribution in [0.4, 0.5) is 22.1 Å². The first-order valence-corrected chi connectivity index (χ1v) is 12.5. The van der Waals surface area contributed by atoms with Crippen molar-refractivity contribution < 1.29 is 23.9 Å². The molecular weight excluding hydrogens is 490 g/mol. The van der Waals surface area contributed by atoms with Crippen LogP contribution >= 0.6 is 0 Å². The van der Waals surface area contributed by atoms with Crippen molar-refractivity contribution in [3.63, 3.8) is 0 Å². The van der Waals surface area contributed by atoms with Gasteiger partial charge in [0.15, 0.2) is 6.29 Å². The van der Waals surface area contributed by atoms with E-state index in [9.17, 15) is 19.6 Å². The summed E-state index contributed by atoms with van der Waals surface area (Å²) in [5.41, 5.74) is 2.53. The van der Waals surface area contributed by atoms with Crippen LogP contribution in [0.15, 0.2) is 18.3 Å². The van der Waals surface area contributed by atoms with Gasteiger partial charge in [0.1, 0.15) is 23.4 Å². The summed E-state index contributed by atoms with van der Waals surface area (Å²) in [7, 11) is 1.58. The highest BCUT2D eigenvalue weighted by Gasteiger charge is 2.29. The number of ether oxygens (including phenoxy) is 2. The van der Waals surface area contributed by atoms with Crippen LogP contribution in [0.2, 0.25) is 0 Å². The normalized spacial score (nSPS) is 16.3. The first-order chi connectivity index (χ1) is 18.4.